The number of hydrogen-bond acceptors (Lipinski definition) is 3. The van der Waals surface area contributed by atoms with E-state index in [2.05, 4.69) is 11.9 Å². The number of ether oxygens (including phenoxy) is 1. The standard InChI is InChI=1S/C16H17F3N2O2/c1-3-4-9-8-23-15-12(21(9)2)6-5-11-14(15)10(16(17,18)19)7-13(22)20-11/h5-7,9H,3-4,8H2,1-2H3,(H,20,22). The summed E-state index contributed by atoms with van der Waals surface area (Å²) in [5.41, 5.74) is -1.00. The van der Waals surface area contributed by atoms with Crippen LogP contribution in [0.15, 0.2) is 23.0 Å². The lowest BCUT2D eigenvalue weighted by atomic mass is 10.0. The molecular formula is C16H17F3N2O2. The Kier molecular flexibility index (Phi) is 3.74. The van der Waals surface area contributed by atoms with E-state index in [0.717, 1.165) is 12.8 Å². The molecule has 1 aliphatic rings. The van der Waals surface area contributed by atoms with E-state index in [4.69, 9.17) is 4.74 Å². The molecule has 1 aromatic carbocycles. The normalized spacial score (nSPS) is 18.0. The molecule has 0 saturated heterocycles. The van der Waals surface area contributed by atoms with Crippen molar-refractivity contribution in [2.24, 2.45) is 0 Å². The monoisotopic (exact) mass is 326 g/mol. The van der Waals surface area contributed by atoms with E-state index in [-0.39, 0.29) is 22.7 Å². The number of fused-ring (bicyclic) bond motifs is 3. The Morgan fingerprint density at radius 2 is 2.13 bits per heavy atom. The molecule has 0 aliphatic carbocycles. The second-order valence-electron chi connectivity index (χ2n) is 5.75. The first-order chi connectivity index (χ1) is 10.8. The molecule has 0 bridgehead atoms. The highest BCUT2D eigenvalue weighted by Gasteiger charge is 2.36. The van der Waals surface area contributed by atoms with Gasteiger partial charge in [0.25, 0.3) is 0 Å². The molecule has 124 valence electrons. The number of nitrogens with zero attached hydrogens (tertiary/aromatic N) is 1. The Labute approximate surface area is 130 Å². The summed E-state index contributed by atoms with van der Waals surface area (Å²) in [4.78, 5) is 15.9. The maximum absolute atomic E-state index is 13.3. The summed E-state index contributed by atoms with van der Waals surface area (Å²) in [5, 5.41) is -0.0867. The predicted octanol–water partition coefficient (Wildman–Crippen LogP) is 3.54. The van der Waals surface area contributed by atoms with Crippen molar-refractivity contribution in [3.05, 3.63) is 34.1 Å². The fourth-order valence-corrected chi connectivity index (χ4v) is 3.06. The highest BCUT2D eigenvalue weighted by molar-refractivity contribution is 5.94. The Morgan fingerprint density at radius 3 is 2.78 bits per heavy atom. The van der Waals surface area contributed by atoms with Crippen LogP contribution in [-0.2, 0) is 6.18 Å². The summed E-state index contributed by atoms with van der Waals surface area (Å²) in [7, 11) is 1.85. The number of rotatable bonds is 2. The summed E-state index contributed by atoms with van der Waals surface area (Å²) in [6, 6.07) is 3.90. The van der Waals surface area contributed by atoms with Crippen molar-refractivity contribution in [3.8, 4) is 5.75 Å². The fourth-order valence-electron chi connectivity index (χ4n) is 3.06. The minimum Gasteiger partial charge on any atom is -0.489 e. The van der Waals surface area contributed by atoms with Gasteiger partial charge in [-0.2, -0.15) is 13.2 Å². The third-order valence-corrected chi connectivity index (χ3v) is 4.21. The van der Waals surface area contributed by atoms with E-state index < -0.39 is 17.3 Å². The zero-order chi connectivity index (χ0) is 16.8. The molecule has 0 saturated carbocycles. The Bertz CT molecular complexity index is 798. The van der Waals surface area contributed by atoms with Crippen molar-refractivity contribution in [2.45, 2.75) is 32.0 Å². The van der Waals surface area contributed by atoms with Gasteiger partial charge in [0.2, 0.25) is 5.56 Å². The van der Waals surface area contributed by atoms with Gasteiger partial charge < -0.3 is 14.6 Å². The summed E-state index contributed by atoms with van der Waals surface area (Å²) in [6.07, 6.45) is -2.77. The van der Waals surface area contributed by atoms with Crippen molar-refractivity contribution < 1.29 is 17.9 Å². The number of pyridine rings is 1. The van der Waals surface area contributed by atoms with Crippen LogP contribution in [0, 0.1) is 0 Å². The predicted molar refractivity (Wildman–Crippen MR) is 82.2 cm³/mol. The number of nitrogens with one attached hydrogen (secondary N) is 1. The van der Waals surface area contributed by atoms with Crippen LogP contribution < -0.4 is 15.2 Å². The molecule has 1 N–H and O–H groups in total. The number of likely N-dealkylation sites (N-methyl/N-ethyl adjacent to an activating group) is 1. The molecule has 7 heteroatoms. The van der Waals surface area contributed by atoms with Crippen LogP contribution in [0.25, 0.3) is 10.9 Å². The molecule has 23 heavy (non-hydrogen) atoms. The Hall–Kier alpha value is -2.18. The molecule has 3 rings (SSSR count). The zero-order valence-electron chi connectivity index (χ0n) is 12.8. The number of hydrogen-bond donors (Lipinski definition) is 1. The molecule has 0 fully saturated rings. The van der Waals surface area contributed by atoms with Gasteiger partial charge in [0.05, 0.1) is 28.2 Å². The first-order valence-electron chi connectivity index (χ1n) is 7.45. The van der Waals surface area contributed by atoms with Crippen LogP contribution in [0.4, 0.5) is 18.9 Å². The van der Waals surface area contributed by atoms with Gasteiger partial charge in [0.1, 0.15) is 6.61 Å². The third-order valence-electron chi connectivity index (χ3n) is 4.21. The van der Waals surface area contributed by atoms with E-state index in [9.17, 15) is 18.0 Å². The van der Waals surface area contributed by atoms with Crippen LogP contribution >= 0.6 is 0 Å². The Balaban J connectivity index is 2.26. The summed E-state index contributed by atoms with van der Waals surface area (Å²) in [6.45, 7) is 2.38. The number of aromatic amines is 1. The molecule has 4 nitrogen and oxygen atoms in total. The van der Waals surface area contributed by atoms with E-state index in [1.807, 2.05) is 11.9 Å². The number of H-pyrrole nitrogens is 1. The van der Waals surface area contributed by atoms with E-state index in [1.54, 1.807) is 6.07 Å². The van der Waals surface area contributed by atoms with Gasteiger partial charge in [-0.25, -0.2) is 0 Å². The number of alkyl halides is 3. The molecule has 0 spiro atoms. The summed E-state index contributed by atoms with van der Waals surface area (Å²) < 4.78 is 45.7. The lowest BCUT2D eigenvalue weighted by Gasteiger charge is -2.36. The molecule has 2 aromatic rings. The quantitative estimate of drug-likeness (QED) is 0.918. The topological polar surface area (TPSA) is 45.3 Å². The van der Waals surface area contributed by atoms with Gasteiger partial charge in [-0.15, -0.1) is 0 Å². The van der Waals surface area contributed by atoms with Crippen molar-refractivity contribution >= 4 is 16.6 Å². The highest BCUT2D eigenvalue weighted by Crippen LogP contribution is 2.44. The first-order valence-corrected chi connectivity index (χ1v) is 7.45. The van der Waals surface area contributed by atoms with Crippen molar-refractivity contribution in [1.82, 2.24) is 4.98 Å². The SMILES string of the molecule is CCCC1COc2c(ccc3[nH]c(=O)cc(C(F)(F)F)c23)N1C. The molecule has 0 amide bonds. The van der Waals surface area contributed by atoms with Gasteiger partial charge in [-0.05, 0) is 18.6 Å². The summed E-state index contributed by atoms with van der Waals surface area (Å²) >= 11 is 0. The number of benzene rings is 1. The van der Waals surface area contributed by atoms with E-state index in [0.29, 0.717) is 18.4 Å². The van der Waals surface area contributed by atoms with Crippen LogP contribution in [0.3, 0.4) is 0 Å². The smallest absolute Gasteiger partial charge is 0.417 e. The number of aromatic nitrogens is 1. The van der Waals surface area contributed by atoms with Gasteiger partial charge in [0, 0.05) is 13.1 Å². The second kappa shape index (κ2) is 5.47. The third kappa shape index (κ3) is 2.64. The summed E-state index contributed by atoms with van der Waals surface area (Å²) in [5.74, 6) is 0.181. The van der Waals surface area contributed by atoms with Gasteiger partial charge in [0.15, 0.2) is 5.75 Å². The molecule has 1 aliphatic heterocycles. The average Bonchev–Trinajstić information content (AvgIpc) is 2.48. The van der Waals surface area contributed by atoms with Gasteiger partial charge in [-0.1, -0.05) is 13.3 Å². The molecule has 1 atom stereocenters. The lowest BCUT2D eigenvalue weighted by molar-refractivity contribution is -0.136. The van der Waals surface area contributed by atoms with Crippen molar-refractivity contribution in [1.29, 1.82) is 0 Å². The van der Waals surface area contributed by atoms with Gasteiger partial charge >= 0.3 is 6.18 Å². The number of halogens is 3. The van der Waals surface area contributed by atoms with E-state index in [1.165, 1.54) is 6.07 Å². The maximum atomic E-state index is 13.3. The first kappa shape index (κ1) is 15.7. The van der Waals surface area contributed by atoms with Crippen molar-refractivity contribution in [2.75, 3.05) is 18.6 Å². The minimum atomic E-state index is -4.62. The van der Waals surface area contributed by atoms with Crippen LogP contribution in [0.5, 0.6) is 5.75 Å². The van der Waals surface area contributed by atoms with Crippen molar-refractivity contribution in [3.63, 3.8) is 0 Å². The van der Waals surface area contributed by atoms with Crippen LogP contribution in [-0.4, -0.2) is 24.7 Å². The zero-order valence-corrected chi connectivity index (χ0v) is 12.8. The Morgan fingerprint density at radius 1 is 1.39 bits per heavy atom. The lowest BCUT2D eigenvalue weighted by Crippen LogP contribution is -2.40. The van der Waals surface area contributed by atoms with Crippen LogP contribution in [0.1, 0.15) is 25.3 Å². The second-order valence-corrected chi connectivity index (χ2v) is 5.75. The molecular weight excluding hydrogens is 309 g/mol. The maximum Gasteiger partial charge on any atom is 0.417 e. The minimum absolute atomic E-state index is 0.0867. The molecule has 1 aromatic heterocycles. The largest absolute Gasteiger partial charge is 0.489 e. The molecule has 0 radical (unpaired) electrons. The fraction of sp³-hybridized carbons (Fsp3) is 0.438. The number of anilines is 1. The van der Waals surface area contributed by atoms with Gasteiger partial charge in [-0.3, -0.25) is 4.79 Å². The average molecular weight is 326 g/mol. The highest BCUT2D eigenvalue weighted by atomic mass is 19.4. The molecule has 1 unspecified atom stereocenters. The molecule has 2 heterocycles. The van der Waals surface area contributed by atoms with Crippen LogP contribution in [0.2, 0.25) is 0 Å². The van der Waals surface area contributed by atoms with E-state index >= 15 is 0 Å².